The van der Waals surface area contributed by atoms with E-state index in [-0.39, 0.29) is 36.6 Å². The highest BCUT2D eigenvalue weighted by molar-refractivity contribution is 5.95. The molecule has 0 unspecified atom stereocenters. The number of ether oxygens (including phenoxy) is 2. The maximum absolute atomic E-state index is 13.1. The Morgan fingerprint density at radius 2 is 1.80 bits per heavy atom. The predicted molar refractivity (Wildman–Crippen MR) is 88.6 cm³/mol. The van der Waals surface area contributed by atoms with Gasteiger partial charge in [0.1, 0.15) is 24.1 Å². The Labute approximate surface area is 144 Å². The van der Waals surface area contributed by atoms with Gasteiger partial charge in [-0.25, -0.2) is 4.39 Å². The van der Waals surface area contributed by atoms with E-state index < -0.39 is 6.10 Å². The Hall–Kier alpha value is -2.28. The number of halogens is 1. The van der Waals surface area contributed by atoms with Gasteiger partial charge in [0.25, 0.3) is 5.91 Å². The average Bonchev–Trinajstić information content (AvgIpc) is 3.19. The first-order chi connectivity index (χ1) is 12.1. The molecule has 2 aliphatic rings. The molecule has 0 aromatic heterocycles. The molecule has 6 heteroatoms. The van der Waals surface area contributed by atoms with Crippen molar-refractivity contribution in [2.45, 2.75) is 24.4 Å². The number of benzene rings is 2. The average molecular weight is 343 g/mol. The monoisotopic (exact) mass is 343 g/mol. The van der Waals surface area contributed by atoms with Gasteiger partial charge in [-0.2, -0.15) is 0 Å². The van der Waals surface area contributed by atoms with Gasteiger partial charge >= 0.3 is 0 Å². The molecule has 0 bridgehead atoms. The van der Waals surface area contributed by atoms with Crippen molar-refractivity contribution in [1.29, 1.82) is 0 Å². The second kappa shape index (κ2) is 6.55. The van der Waals surface area contributed by atoms with E-state index in [1.54, 1.807) is 30.3 Å². The van der Waals surface area contributed by atoms with Crippen LogP contribution in [0.4, 0.5) is 4.39 Å². The number of aliphatic hydroxyl groups is 1. The van der Waals surface area contributed by atoms with Crippen molar-refractivity contribution in [3.63, 3.8) is 0 Å². The molecule has 130 valence electrons. The van der Waals surface area contributed by atoms with Gasteiger partial charge in [0.2, 0.25) is 0 Å². The molecule has 4 rings (SSSR count). The lowest BCUT2D eigenvalue weighted by Crippen LogP contribution is -2.44. The third kappa shape index (κ3) is 3.16. The Balaban J connectivity index is 1.49. The van der Waals surface area contributed by atoms with Gasteiger partial charge in [0, 0.05) is 5.56 Å². The van der Waals surface area contributed by atoms with Crippen molar-refractivity contribution in [3.05, 3.63) is 59.9 Å². The third-order valence-corrected chi connectivity index (χ3v) is 4.65. The lowest BCUT2D eigenvalue weighted by atomic mass is 10.0. The summed E-state index contributed by atoms with van der Waals surface area (Å²) in [6.07, 6.45) is -1.34. The molecule has 5 nitrogen and oxygen atoms in total. The molecule has 0 aliphatic carbocycles. The zero-order valence-corrected chi connectivity index (χ0v) is 13.4. The Morgan fingerprint density at radius 3 is 2.60 bits per heavy atom. The molecule has 2 aliphatic heterocycles. The highest BCUT2D eigenvalue weighted by atomic mass is 19.1. The maximum atomic E-state index is 13.1. The Kier molecular flexibility index (Phi) is 4.25. The molecule has 2 N–H and O–H groups in total. The number of aliphatic hydroxyl groups excluding tert-OH is 1. The molecule has 0 spiro atoms. The first-order valence-corrected chi connectivity index (χ1v) is 8.20. The maximum Gasteiger partial charge on any atom is 0.251 e. The van der Waals surface area contributed by atoms with Crippen molar-refractivity contribution in [2.75, 3.05) is 13.2 Å². The van der Waals surface area contributed by atoms with Crippen LogP contribution in [0.25, 0.3) is 11.1 Å². The molecule has 0 radical (unpaired) electrons. The van der Waals surface area contributed by atoms with Crippen molar-refractivity contribution in [3.8, 4) is 11.1 Å². The largest absolute Gasteiger partial charge is 0.388 e. The summed E-state index contributed by atoms with van der Waals surface area (Å²) in [7, 11) is 0. The summed E-state index contributed by atoms with van der Waals surface area (Å²) in [5.74, 6) is -0.532. The second-order valence-electron chi connectivity index (χ2n) is 6.33. The number of rotatable bonds is 3. The molecule has 25 heavy (non-hydrogen) atoms. The highest BCUT2D eigenvalue weighted by Gasteiger charge is 2.47. The summed E-state index contributed by atoms with van der Waals surface area (Å²) in [5, 5.41) is 12.7. The van der Waals surface area contributed by atoms with Crippen LogP contribution >= 0.6 is 0 Å². The highest BCUT2D eigenvalue weighted by Crippen LogP contribution is 2.27. The molecule has 1 amide bonds. The number of nitrogens with one attached hydrogen (secondary N) is 1. The van der Waals surface area contributed by atoms with E-state index in [4.69, 9.17) is 9.47 Å². The molecule has 2 aromatic rings. The fourth-order valence-electron chi connectivity index (χ4n) is 3.34. The molecule has 2 saturated heterocycles. The van der Waals surface area contributed by atoms with Gasteiger partial charge in [0.05, 0.1) is 19.3 Å². The van der Waals surface area contributed by atoms with Crippen LogP contribution in [-0.4, -0.2) is 48.6 Å². The fraction of sp³-hybridized carbons (Fsp3) is 0.316. The van der Waals surface area contributed by atoms with Crippen LogP contribution in [0.15, 0.2) is 48.5 Å². The summed E-state index contributed by atoms with van der Waals surface area (Å²) in [5.41, 5.74) is 2.17. The minimum atomic E-state index is -0.645. The molecular formula is C19H18FNO4. The van der Waals surface area contributed by atoms with Crippen LogP contribution < -0.4 is 5.32 Å². The summed E-state index contributed by atoms with van der Waals surface area (Å²) in [6, 6.07) is 13.0. The van der Waals surface area contributed by atoms with Gasteiger partial charge < -0.3 is 19.9 Å². The quantitative estimate of drug-likeness (QED) is 0.891. The molecule has 0 saturated carbocycles. The lowest BCUT2D eigenvalue weighted by molar-refractivity contribution is 0.0178. The standard InChI is InChI=1S/C19H18FNO4/c20-14-6-4-11(5-7-14)12-2-1-3-13(8-12)19(23)21-15-9-24-18-16(22)10-25-17(15)18/h1-8,15-18,22H,9-10H2,(H,21,23)/t15-,16+,17+,18+/m0/s1. The second-order valence-corrected chi connectivity index (χ2v) is 6.33. The number of amides is 1. The van der Waals surface area contributed by atoms with E-state index in [2.05, 4.69) is 5.32 Å². The van der Waals surface area contributed by atoms with Crippen LogP contribution in [0, 0.1) is 5.82 Å². The molecule has 2 aromatic carbocycles. The third-order valence-electron chi connectivity index (χ3n) is 4.65. The first kappa shape index (κ1) is 16.2. The minimum absolute atomic E-state index is 0.224. The SMILES string of the molecule is O=C(N[C@H]1CO[C@H]2[C@@H]1OC[C@H]2O)c1cccc(-c2ccc(F)cc2)c1. The zero-order chi connectivity index (χ0) is 17.4. The van der Waals surface area contributed by atoms with Crippen molar-refractivity contribution < 1.29 is 23.8 Å². The number of hydrogen-bond acceptors (Lipinski definition) is 4. The van der Waals surface area contributed by atoms with E-state index in [1.807, 2.05) is 6.07 Å². The van der Waals surface area contributed by atoms with Crippen molar-refractivity contribution >= 4 is 5.91 Å². The number of carbonyl (C=O) groups is 1. The van der Waals surface area contributed by atoms with E-state index in [0.717, 1.165) is 11.1 Å². The summed E-state index contributed by atoms with van der Waals surface area (Å²) >= 11 is 0. The smallest absolute Gasteiger partial charge is 0.251 e. The number of hydrogen-bond donors (Lipinski definition) is 2. The van der Waals surface area contributed by atoms with Gasteiger partial charge in [-0.05, 0) is 35.4 Å². The minimum Gasteiger partial charge on any atom is -0.388 e. The molecule has 2 fully saturated rings. The van der Waals surface area contributed by atoms with Crippen molar-refractivity contribution in [1.82, 2.24) is 5.32 Å². The normalized spacial score (nSPS) is 27.9. The van der Waals surface area contributed by atoms with Crippen LogP contribution in [0.2, 0.25) is 0 Å². The first-order valence-electron chi connectivity index (χ1n) is 8.20. The predicted octanol–water partition coefficient (Wildman–Crippen LogP) is 1.75. The summed E-state index contributed by atoms with van der Waals surface area (Å²) < 4.78 is 24.1. The molecular weight excluding hydrogens is 325 g/mol. The number of carbonyl (C=O) groups excluding carboxylic acids is 1. The fourth-order valence-corrected chi connectivity index (χ4v) is 3.34. The van der Waals surface area contributed by atoms with E-state index in [1.165, 1.54) is 12.1 Å². The molecule has 4 atom stereocenters. The van der Waals surface area contributed by atoms with Crippen LogP contribution in [0.5, 0.6) is 0 Å². The lowest BCUT2D eigenvalue weighted by Gasteiger charge is -2.17. The van der Waals surface area contributed by atoms with Crippen molar-refractivity contribution in [2.24, 2.45) is 0 Å². The van der Waals surface area contributed by atoms with Gasteiger partial charge in [-0.1, -0.05) is 24.3 Å². The topological polar surface area (TPSA) is 67.8 Å². The summed E-state index contributed by atoms with van der Waals surface area (Å²) in [4.78, 5) is 12.6. The zero-order valence-electron chi connectivity index (χ0n) is 13.4. The van der Waals surface area contributed by atoms with Crippen LogP contribution in [0.3, 0.4) is 0 Å². The molecule has 2 heterocycles. The number of fused-ring (bicyclic) bond motifs is 1. The van der Waals surface area contributed by atoms with Gasteiger partial charge in [-0.3, -0.25) is 4.79 Å². The van der Waals surface area contributed by atoms with E-state index in [9.17, 15) is 14.3 Å². The van der Waals surface area contributed by atoms with Gasteiger partial charge in [-0.15, -0.1) is 0 Å². The Bertz CT molecular complexity index is 779. The van der Waals surface area contributed by atoms with Crippen LogP contribution in [0.1, 0.15) is 10.4 Å². The Morgan fingerprint density at radius 1 is 1.04 bits per heavy atom. The van der Waals surface area contributed by atoms with E-state index in [0.29, 0.717) is 12.2 Å². The van der Waals surface area contributed by atoms with Crippen LogP contribution in [-0.2, 0) is 9.47 Å². The van der Waals surface area contributed by atoms with E-state index >= 15 is 0 Å². The van der Waals surface area contributed by atoms with Gasteiger partial charge in [0.15, 0.2) is 0 Å². The summed E-state index contributed by atoms with van der Waals surface area (Å²) in [6.45, 7) is 0.539.